The Morgan fingerprint density at radius 3 is 2.29 bits per heavy atom. The SMILES string of the molecule is C=Cc1cccc(C(C)=O)c1C(C)=O. The molecule has 2 heteroatoms. The summed E-state index contributed by atoms with van der Waals surface area (Å²) in [6.45, 7) is 6.52. The van der Waals surface area contributed by atoms with Gasteiger partial charge in [0.05, 0.1) is 0 Å². The molecule has 0 saturated carbocycles. The third-order valence-corrected chi connectivity index (χ3v) is 2.05. The topological polar surface area (TPSA) is 34.1 Å². The van der Waals surface area contributed by atoms with Gasteiger partial charge in [-0.25, -0.2) is 0 Å². The molecule has 0 heterocycles. The summed E-state index contributed by atoms with van der Waals surface area (Å²) < 4.78 is 0. The van der Waals surface area contributed by atoms with Crippen LogP contribution in [-0.2, 0) is 0 Å². The van der Waals surface area contributed by atoms with E-state index in [1.54, 1.807) is 24.3 Å². The van der Waals surface area contributed by atoms with Crippen molar-refractivity contribution in [2.24, 2.45) is 0 Å². The molecule has 0 radical (unpaired) electrons. The van der Waals surface area contributed by atoms with Crippen molar-refractivity contribution in [3.05, 3.63) is 41.5 Å². The summed E-state index contributed by atoms with van der Waals surface area (Å²) in [5.74, 6) is -0.204. The van der Waals surface area contributed by atoms with E-state index in [4.69, 9.17) is 0 Å². The molecule has 0 N–H and O–H groups in total. The van der Waals surface area contributed by atoms with Crippen LogP contribution in [0.2, 0.25) is 0 Å². The molecule has 2 nitrogen and oxygen atoms in total. The highest BCUT2D eigenvalue weighted by Gasteiger charge is 2.13. The van der Waals surface area contributed by atoms with Crippen molar-refractivity contribution >= 4 is 17.6 Å². The maximum absolute atomic E-state index is 11.4. The standard InChI is InChI=1S/C12H12O2/c1-4-10-6-5-7-11(8(2)13)12(10)9(3)14/h4-7H,1H2,2-3H3. The number of carbonyl (C=O) groups is 2. The Balaban J connectivity index is 3.51. The Bertz CT molecular complexity index is 403. The van der Waals surface area contributed by atoms with Gasteiger partial charge in [0.2, 0.25) is 0 Å². The Kier molecular flexibility index (Phi) is 2.97. The summed E-state index contributed by atoms with van der Waals surface area (Å²) in [4.78, 5) is 22.6. The lowest BCUT2D eigenvalue weighted by Gasteiger charge is -2.06. The highest BCUT2D eigenvalue weighted by molar-refractivity contribution is 6.09. The number of carbonyl (C=O) groups excluding carboxylic acids is 2. The first-order chi connectivity index (χ1) is 6.57. The molecule has 0 aliphatic heterocycles. The van der Waals surface area contributed by atoms with E-state index < -0.39 is 0 Å². The van der Waals surface area contributed by atoms with Gasteiger partial charge in [-0.3, -0.25) is 9.59 Å². The van der Waals surface area contributed by atoms with Gasteiger partial charge in [-0.2, -0.15) is 0 Å². The van der Waals surface area contributed by atoms with Crippen LogP contribution >= 0.6 is 0 Å². The van der Waals surface area contributed by atoms with Gasteiger partial charge in [0, 0.05) is 11.1 Å². The molecule has 0 aliphatic carbocycles. The van der Waals surface area contributed by atoms with Crippen LogP contribution in [0.3, 0.4) is 0 Å². The fourth-order valence-corrected chi connectivity index (χ4v) is 1.43. The zero-order valence-corrected chi connectivity index (χ0v) is 8.33. The number of Topliss-reactive ketones (excluding diaryl/α,β-unsaturated/α-hetero) is 2. The second-order valence-electron chi connectivity index (χ2n) is 3.09. The zero-order chi connectivity index (χ0) is 10.7. The number of rotatable bonds is 3. The molecule has 0 aromatic heterocycles. The third-order valence-electron chi connectivity index (χ3n) is 2.05. The van der Waals surface area contributed by atoms with Crippen LogP contribution in [0, 0.1) is 0 Å². The molecule has 14 heavy (non-hydrogen) atoms. The van der Waals surface area contributed by atoms with Crippen LogP contribution in [0.1, 0.15) is 40.1 Å². The second-order valence-corrected chi connectivity index (χ2v) is 3.09. The molecular formula is C12H12O2. The zero-order valence-electron chi connectivity index (χ0n) is 8.33. The Morgan fingerprint density at radius 1 is 1.21 bits per heavy atom. The molecule has 1 aromatic carbocycles. The van der Waals surface area contributed by atoms with E-state index in [0.29, 0.717) is 16.7 Å². The Morgan fingerprint density at radius 2 is 1.86 bits per heavy atom. The minimum absolute atomic E-state index is 0.0982. The average molecular weight is 188 g/mol. The van der Waals surface area contributed by atoms with E-state index in [2.05, 4.69) is 6.58 Å². The molecular weight excluding hydrogens is 176 g/mol. The average Bonchev–Trinajstić information content (AvgIpc) is 2.16. The first-order valence-electron chi connectivity index (χ1n) is 4.35. The summed E-state index contributed by atoms with van der Waals surface area (Å²) >= 11 is 0. The van der Waals surface area contributed by atoms with Crippen LogP contribution in [0.25, 0.3) is 6.08 Å². The van der Waals surface area contributed by atoms with Gasteiger partial charge in [-0.15, -0.1) is 0 Å². The summed E-state index contributed by atoms with van der Waals surface area (Å²) in [6, 6.07) is 5.18. The largest absolute Gasteiger partial charge is 0.294 e. The van der Waals surface area contributed by atoms with Crippen molar-refractivity contribution in [3.63, 3.8) is 0 Å². The summed E-state index contributed by atoms with van der Waals surface area (Å²) in [7, 11) is 0. The van der Waals surface area contributed by atoms with Crippen LogP contribution in [0.5, 0.6) is 0 Å². The molecule has 0 fully saturated rings. The van der Waals surface area contributed by atoms with Gasteiger partial charge < -0.3 is 0 Å². The molecule has 1 aromatic rings. The first kappa shape index (κ1) is 10.4. The third kappa shape index (κ3) is 1.79. The number of benzene rings is 1. The maximum Gasteiger partial charge on any atom is 0.161 e. The number of hydrogen-bond acceptors (Lipinski definition) is 2. The van der Waals surface area contributed by atoms with E-state index in [9.17, 15) is 9.59 Å². The van der Waals surface area contributed by atoms with Gasteiger partial charge in [0.15, 0.2) is 11.6 Å². The molecule has 0 saturated heterocycles. The fourth-order valence-electron chi connectivity index (χ4n) is 1.43. The summed E-state index contributed by atoms with van der Waals surface area (Å²) in [5, 5.41) is 0. The normalized spacial score (nSPS) is 9.57. The van der Waals surface area contributed by atoms with Gasteiger partial charge in [0.1, 0.15) is 0 Å². The van der Waals surface area contributed by atoms with Crippen molar-refractivity contribution in [2.75, 3.05) is 0 Å². The maximum atomic E-state index is 11.4. The predicted molar refractivity (Wildman–Crippen MR) is 56.5 cm³/mol. The van der Waals surface area contributed by atoms with Crippen molar-refractivity contribution in [1.29, 1.82) is 0 Å². The quantitative estimate of drug-likeness (QED) is 0.683. The second kappa shape index (κ2) is 4.01. The monoisotopic (exact) mass is 188 g/mol. The lowest BCUT2D eigenvalue weighted by atomic mass is 9.96. The molecule has 0 atom stereocenters. The number of ketones is 2. The molecule has 0 bridgehead atoms. The molecule has 0 spiro atoms. The van der Waals surface area contributed by atoms with Gasteiger partial charge >= 0.3 is 0 Å². The predicted octanol–water partition coefficient (Wildman–Crippen LogP) is 2.73. The van der Waals surface area contributed by atoms with E-state index in [1.165, 1.54) is 13.8 Å². The lowest BCUT2D eigenvalue weighted by Crippen LogP contribution is -2.06. The molecule has 0 amide bonds. The number of hydrogen-bond donors (Lipinski definition) is 0. The molecule has 0 unspecified atom stereocenters. The van der Waals surface area contributed by atoms with Crippen molar-refractivity contribution < 1.29 is 9.59 Å². The molecule has 1 rings (SSSR count). The van der Waals surface area contributed by atoms with Crippen molar-refractivity contribution in [3.8, 4) is 0 Å². The van der Waals surface area contributed by atoms with Crippen LogP contribution in [0.4, 0.5) is 0 Å². The van der Waals surface area contributed by atoms with Crippen LogP contribution in [-0.4, -0.2) is 11.6 Å². The Hall–Kier alpha value is -1.70. The molecule has 0 aliphatic rings. The summed E-state index contributed by atoms with van der Waals surface area (Å²) in [6.07, 6.45) is 1.59. The smallest absolute Gasteiger partial charge is 0.161 e. The van der Waals surface area contributed by atoms with E-state index in [0.717, 1.165) is 0 Å². The highest BCUT2D eigenvalue weighted by atomic mass is 16.1. The fraction of sp³-hybridized carbons (Fsp3) is 0.167. The van der Waals surface area contributed by atoms with E-state index in [1.807, 2.05) is 0 Å². The lowest BCUT2D eigenvalue weighted by molar-refractivity contribution is 0.0980. The van der Waals surface area contributed by atoms with Crippen LogP contribution in [0.15, 0.2) is 24.8 Å². The minimum Gasteiger partial charge on any atom is -0.294 e. The molecule has 72 valence electrons. The highest BCUT2D eigenvalue weighted by Crippen LogP contribution is 2.17. The first-order valence-corrected chi connectivity index (χ1v) is 4.35. The van der Waals surface area contributed by atoms with E-state index >= 15 is 0 Å². The minimum atomic E-state index is -0.106. The van der Waals surface area contributed by atoms with Crippen molar-refractivity contribution in [2.45, 2.75) is 13.8 Å². The Labute approximate surface area is 83.3 Å². The van der Waals surface area contributed by atoms with E-state index in [-0.39, 0.29) is 11.6 Å². The van der Waals surface area contributed by atoms with Crippen LogP contribution < -0.4 is 0 Å². The van der Waals surface area contributed by atoms with Gasteiger partial charge in [-0.05, 0) is 19.4 Å². The summed E-state index contributed by atoms with van der Waals surface area (Å²) in [5.41, 5.74) is 1.65. The van der Waals surface area contributed by atoms with Gasteiger partial charge in [0.25, 0.3) is 0 Å². The van der Waals surface area contributed by atoms with Gasteiger partial charge in [-0.1, -0.05) is 30.9 Å². The van der Waals surface area contributed by atoms with Crippen molar-refractivity contribution in [1.82, 2.24) is 0 Å².